The van der Waals surface area contributed by atoms with Gasteiger partial charge in [-0.2, -0.15) is 0 Å². The molecule has 12 heteroatoms. The lowest BCUT2D eigenvalue weighted by Crippen LogP contribution is -2.51. The Morgan fingerprint density at radius 3 is 2.13 bits per heavy atom. The molecule has 2 amide bonds. The number of benzene rings is 3. The van der Waals surface area contributed by atoms with Crippen molar-refractivity contribution in [3.8, 4) is 0 Å². The Morgan fingerprint density at radius 1 is 0.913 bits per heavy atom. The van der Waals surface area contributed by atoms with Crippen LogP contribution < -0.4 is 5.32 Å². The molecule has 0 bridgehead atoms. The van der Waals surface area contributed by atoms with Crippen LogP contribution in [0.1, 0.15) is 58.5 Å². The number of hydrogen-bond donors (Lipinski definition) is 3. The molecule has 0 spiro atoms. The quantitative estimate of drug-likeness (QED) is 0.186. The maximum Gasteiger partial charge on any atom is 0.253 e. The van der Waals surface area contributed by atoms with Gasteiger partial charge in [-0.3, -0.25) is 9.59 Å². The van der Waals surface area contributed by atoms with Gasteiger partial charge >= 0.3 is 0 Å². The molecule has 0 aliphatic carbocycles. The van der Waals surface area contributed by atoms with Crippen LogP contribution in [0.5, 0.6) is 0 Å². The maximum absolute atomic E-state index is 14.0. The van der Waals surface area contributed by atoms with Gasteiger partial charge in [0, 0.05) is 30.3 Å². The van der Waals surface area contributed by atoms with Crippen LogP contribution in [0.2, 0.25) is 0 Å². The molecule has 0 saturated carbocycles. The van der Waals surface area contributed by atoms with Gasteiger partial charge in [0.25, 0.3) is 11.8 Å². The minimum Gasteiger partial charge on any atom is -0.388 e. The summed E-state index contributed by atoms with van der Waals surface area (Å²) in [5.74, 6) is -2.99. The lowest BCUT2D eigenvalue weighted by atomic mass is 9.96. The number of aliphatic hydroxyl groups is 2. The van der Waals surface area contributed by atoms with Crippen molar-refractivity contribution in [2.24, 2.45) is 0 Å². The number of hydrogen-bond acceptors (Lipinski definition) is 7. The zero-order valence-electron chi connectivity index (χ0n) is 26.3. The fourth-order valence-corrected chi connectivity index (χ4v) is 6.20. The van der Waals surface area contributed by atoms with Crippen LogP contribution in [-0.4, -0.2) is 85.7 Å². The summed E-state index contributed by atoms with van der Waals surface area (Å²) in [7, 11) is -3.64. The Balaban J connectivity index is 1.77. The standard InChI is InChI=1S/C34H42F2N2O7S/c1-4-11-38(12-5-2)34(42)26-16-23(3)15-25(20-26)33(41)37-30(19-24-17-27(35)21-28(36)18-24)32(40)31(39)22-45-13-14-46(43,44)29-9-7-6-8-10-29/h6-10,15-18,20-21,30-32,39-40H,4-5,11-14,19,22H2,1-3H3,(H,37,41)/t30-,31+,32+/m0/s1. The summed E-state index contributed by atoms with van der Waals surface area (Å²) in [5, 5.41) is 24.5. The van der Waals surface area contributed by atoms with Gasteiger partial charge in [-0.1, -0.05) is 32.0 Å². The number of carbonyl (C=O) groups is 2. The summed E-state index contributed by atoms with van der Waals surface area (Å²) in [5.41, 5.74) is 1.19. The Labute approximate surface area is 269 Å². The highest BCUT2D eigenvalue weighted by molar-refractivity contribution is 7.91. The molecule has 9 nitrogen and oxygen atoms in total. The summed E-state index contributed by atoms with van der Waals surface area (Å²) in [6.45, 7) is 6.01. The zero-order chi connectivity index (χ0) is 33.9. The molecule has 0 aromatic heterocycles. The minimum absolute atomic E-state index is 0.110. The Morgan fingerprint density at radius 2 is 1.52 bits per heavy atom. The van der Waals surface area contributed by atoms with E-state index in [0.717, 1.165) is 25.0 Å². The van der Waals surface area contributed by atoms with Crippen molar-refractivity contribution in [1.82, 2.24) is 10.2 Å². The third-order valence-electron chi connectivity index (χ3n) is 7.25. The topological polar surface area (TPSA) is 133 Å². The number of carbonyl (C=O) groups excluding carboxylic acids is 2. The molecule has 0 fully saturated rings. The smallest absolute Gasteiger partial charge is 0.253 e. The van der Waals surface area contributed by atoms with E-state index in [1.54, 1.807) is 42.2 Å². The molecule has 3 aromatic carbocycles. The van der Waals surface area contributed by atoms with Crippen molar-refractivity contribution < 1.29 is 41.7 Å². The van der Waals surface area contributed by atoms with Crippen molar-refractivity contribution in [2.45, 2.75) is 63.2 Å². The van der Waals surface area contributed by atoms with E-state index in [1.165, 1.54) is 18.2 Å². The van der Waals surface area contributed by atoms with Crippen LogP contribution in [0.3, 0.4) is 0 Å². The number of rotatable bonds is 17. The second-order valence-corrected chi connectivity index (χ2v) is 13.3. The SMILES string of the molecule is CCCN(CCC)C(=O)c1cc(C)cc(C(=O)N[C@@H](Cc2cc(F)cc(F)c2)[C@@H](O)[C@H](O)COCCS(=O)(=O)c2ccccc2)c1. The second kappa shape index (κ2) is 17.3. The zero-order valence-corrected chi connectivity index (χ0v) is 27.1. The van der Waals surface area contributed by atoms with Crippen LogP contribution in [0.4, 0.5) is 8.78 Å². The third-order valence-corrected chi connectivity index (χ3v) is 8.94. The molecule has 3 N–H and O–H groups in total. The van der Waals surface area contributed by atoms with Gasteiger partial charge in [-0.05, 0) is 79.8 Å². The molecule has 3 aromatic rings. The number of halogens is 2. The average Bonchev–Trinajstić information content (AvgIpc) is 3.01. The summed E-state index contributed by atoms with van der Waals surface area (Å²) in [6, 6.07) is 14.0. The molecular weight excluding hydrogens is 618 g/mol. The number of amides is 2. The van der Waals surface area contributed by atoms with Crippen LogP contribution in [0.15, 0.2) is 71.6 Å². The first-order valence-corrected chi connectivity index (χ1v) is 16.9. The maximum atomic E-state index is 14.0. The lowest BCUT2D eigenvalue weighted by molar-refractivity contribution is -0.0483. The van der Waals surface area contributed by atoms with Crippen LogP contribution >= 0.6 is 0 Å². The molecule has 46 heavy (non-hydrogen) atoms. The highest BCUT2D eigenvalue weighted by Crippen LogP contribution is 2.17. The lowest BCUT2D eigenvalue weighted by Gasteiger charge is -2.28. The predicted molar refractivity (Wildman–Crippen MR) is 170 cm³/mol. The Kier molecular flexibility index (Phi) is 13.8. The van der Waals surface area contributed by atoms with Gasteiger partial charge in [-0.25, -0.2) is 17.2 Å². The van der Waals surface area contributed by atoms with E-state index in [0.29, 0.717) is 30.3 Å². The minimum atomic E-state index is -3.64. The first-order valence-electron chi connectivity index (χ1n) is 15.2. The highest BCUT2D eigenvalue weighted by atomic mass is 32.2. The number of nitrogens with zero attached hydrogens (tertiary/aromatic N) is 1. The van der Waals surface area contributed by atoms with E-state index in [2.05, 4.69) is 5.32 Å². The van der Waals surface area contributed by atoms with Crippen LogP contribution in [0.25, 0.3) is 0 Å². The molecule has 0 aliphatic heterocycles. The van der Waals surface area contributed by atoms with E-state index in [9.17, 15) is 37.0 Å². The van der Waals surface area contributed by atoms with E-state index in [-0.39, 0.29) is 40.7 Å². The van der Waals surface area contributed by atoms with Crippen molar-refractivity contribution in [3.63, 3.8) is 0 Å². The molecule has 0 saturated heterocycles. The third kappa shape index (κ3) is 10.7. The van der Waals surface area contributed by atoms with Gasteiger partial charge in [0.2, 0.25) is 0 Å². The number of nitrogens with one attached hydrogen (secondary N) is 1. The molecule has 0 heterocycles. The molecular formula is C34H42F2N2O7S. The van der Waals surface area contributed by atoms with Crippen molar-refractivity contribution in [1.29, 1.82) is 0 Å². The summed E-state index contributed by atoms with van der Waals surface area (Å²) >= 11 is 0. The van der Waals surface area contributed by atoms with Gasteiger partial charge in [0.05, 0.1) is 29.9 Å². The van der Waals surface area contributed by atoms with Crippen molar-refractivity contribution >= 4 is 21.7 Å². The average molecular weight is 661 g/mol. The summed E-state index contributed by atoms with van der Waals surface area (Å²) in [6.07, 6.45) is -2.02. The Bertz CT molecular complexity index is 1540. The molecule has 3 atom stereocenters. The van der Waals surface area contributed by atoms with Crippen molar-refractivity contribution in [2.75, 3.05) is 32.1 Å². The predicted octanol–water partition coefficient (Wildman–Crippen LogP) is 4.09. The number of sulfone groups is 1. The summed E-state index contributed by atoms with van der Waals surface area (Å²) in [4.78, 5) is 28.6. The summed E-state index contributed by atoms with van der Waals surface area (Å²) < 4.78 is 58.3. The van der Waals surface area contributed by atoms with E-state index in [4.69, 9.17) is 4.74 Å². The Hall–Kier alpha value is -3.71. The van der Waals surface area contributed by atoms with Gasteiger partial charge in [0.1, 0.15) is 23.8 Å². The number of aliphatic hydroxyl groups excluding tert-OH is 2. The molecule has 0 radical (unpaired) electrons. The molecule has 250 valence electrons. The highest BCUT2D eigenvalue weighted by Gasteiger charge is 2.30. The normalized spacial score (nSPS) is 13.5. The number of ether oxygens (including phenoxy) is 1. The fraction of sp³-hybridized carbons (Fsp3) is 0.412. The number of aryl methyl sites for hydroxylation is 1. The first-order chi connectivity index (χ1) is 21.8. The molecule has 3 rings (SSSR count). The van der Waals surface area contributed by atoms with Crippen LogP contribution in [-0.2, 0) is 21.0 Å². The van der Waals surface area contributed by atoms with Gasteiger partial charge in [0.15, 0.2) is 9.84 Å². The monoisotopic (exact) mass is 660 g/mol. The first kappa shape index (κ1) is 36.8. The van der Waals surface area contributed by atoms with Crippen molar-refractivity contribution in [3.05, 3.63) is 101 Å². The van der Waals surface area contributed by atoms with E-state index in [1.807, 2.05) is 13.8 Å². The van der Waals surface area contributed by atoms with E-state index >= 15 is 0 Å². The molecule has 0 unspecified atom stereocenters. The molecule has 0 aliphatic rings. The largest absolute Gasteiger partial charge is 0.388 e. The van der Waals surface area contributed by atoms with Crippen LogP contribution in [0, 0.1) is 18.6 Å². The van der Waals surface area contributed by atoms with Gasteiger partial charge in [-0.15, -0.1) is 0 Å². The fourth-order valence-electron chi connectivity index (χ4n) is 5.05. The second-order valence-electron chi connectivity index (χ2n) is 11.2. The van der Waals surface area contributed by atoms with Gasteiger partial charge < -0.3 is 25.2 Å². The van der Waals surface area contributed by atoms with E-state index < -0.39 is 52.2 Å².